The number of aliphatic hydroxyl groups is 1. The molecule has 4 heteroatoms. The summed E-state index contributed by atoms with van der Waals surface area (Å²) in [4.78, 5) is 0. The van der Waals surface area contributed by atoms with E-state index in [2.05, 4.69) is 22.6 Å². The molecule has 1 heterocycles. The monoisotopic (exact) mass is 303 g/mol. The van der Waals surface area contributed by atoms with Gasteiger partial charge >= 0.3 is 0 Å². The number of hydrogen-bond acceptors (Lipinski definition) is 4. The normalized spacial score (nSPS) is 28.8. The lowest BCUT2D eigenvalue weighted by atomic mass is 9.78. The number of hydrazine groups is 1. The smallest absolute Gasteiger partial charge is 0.0835 e. The van der Waals surface area contributed by atoms with Gasteiger partial charge in [-0.05, 0) is 36.7 Å². The number of nitrogens with zero attached hydrogens (tertiary/aromatic N) is 1. The third kappa shape index (κ3) is 4.07. The van der Waals surface area contributed by atoms with Crippen molar-refractivity contribution in [2.24, 2.45) is 17.6 Å². The van der Waals surface area contributed by atoms with Gasteiger partial charge in [-0.15, -0.1) is 0 Å². The highest BCUT2D eigenvalue weighted by atomic mass is 16.3. The van der Waals surface area contributed by atoms with E-state index in [1.807, 2.05) is 18.2 Å². The highest BCUT2D eigenvalue weighted by Gasteiger charge is 2.32. The second-order valence-corrected chi connectivity index (χ2v) is 6.99. The van der Waals surface area contributed by atoms with Crippen molar-refractivity contribution < 1.29 is 5.11 Å². The molecule has 0 radical (unpaired) electrons. The molecule has 3 rings (SSSR count). The fourth-order valence-electron chi connectivity index (χ4n) is 3.91. The first-order valence-corrected chi connectivity index (χ1v) is 8.68. The molecule has 22 heavy (non-hydrogen) atoms. The molecule has 4 atom stereocenters. The number of hydrogen-bond donors (Lipinski definition) is 3. The summed E-state index contributed by atoms with van der Waals surface area (Å²) in [5.41, 5.74) is 10.9. The van der Waals surface area contributed by atoms with E-state index >= 15 is 0 Å². The third-order valence-electron chi connectivity index (χ3n) is 5.31. The summed E-state index contributed by atoms with van der Waals surface area (Å²) in [6.45, 7) is 2.74. The highest BCUT2D eigenvalue weighted by Crippen LogP contribution is 2.32. The van der Waals surface area contributed by atoms with Gasteiger partial charge in [0.2, 0.25) is 0 Å². The van der Waals surface area contributed by atoms with Crippen LogP contribution in [0.2, 0.25) is 0 Å². The first-order valence-electron chi connectivity index (χ1n) is 8.68. The van der Waals surface area contributed by atoms with Gasteiger partial charge in [-0.1, -0.05) is 43.2 Å². The zero-order chi connectivity index (χ0) is 15.4. The Morgan fingerprint density at radius 3 is 2.68 bits per heavy atom. The van der Waals surface area contributed by atoms with Crippen LogP contribution in [0.1, 0.15) is 31.2 Å². The standard InChI is InChI=1S/C18H29N3O/c19-17(10-14-6-2-1-3-7-14)18(22)13-21-12-16-9-5-4-8-15(16)11-20-21/h1-3,6-7,15-18,20,22H,4-5,8-13,19H2/t15?,16?,17-,18-/m0/s1. The Morgan fingerprint density at radius 1 is 1.18 bits per heavy atom. The lowest BCUT2D eigenvalue weighted by molar-refractivity contribution is 0.00457. The largest absolute Gasteiger partial charge is 0.390 e. The van der Waals surface area contributed by atoms with Crippen molar-refractivity contribution in [2.75, 3.05) is 19.6 Å². The van der Waals surface area contributed by atoms with E-state index in [-0.39, 0.29) is 6.04 Å². The Bertz CT molecular complexity index is 453. The molecule has 2 unspecified atom stereocenters. The Hall–Kier alpha value is -0.940. The average Bonchev–Trinajstić information content (AvgIpc) is 2.55. The fourth-order valence-corrected chi connectivity index (χ4v) is 3.91. The van der Waals surface area contributed by atoms with E-state index in [9.17, 15) is 5.11 Å². The van der Waals surface area contributed by atoms with Crippen LogP contribution < -0.4 is 11.2 Å². The predicted molar refractivity (Wildman–Crippen MR) is 89.2 cm³/mol. The molecule has 2 fully saturated rings. The summed E-state index contributed by atoms with van der Waals surface area (Å²) in [6, 6.07) is 9.96. The molecule has 2 aliphatic rings. The Morgan fingerprint density at radius 2 is 1.91 bits per heavy atom. The Labute approximate surface area is 133 Å². The first-order chi connectivity index (χ1) is 10.7. The van der Waals surface area contributed by atoms with Crippen molar-refractivity contribution in [3.8, 4) is 0 Å². The summed E-state index contributed by atoms with van der Waals surface area (Å²) in [5.74, 6) is 1.63. The minimum Gasteiger partial charge on any atom is -0.390 e. The number of fused-ring (bicyclic) bond motifs is 1. The Kier molecular flexibility index (Phi) is 5.47. The second-order valence-electron chi connectivity index (χ2n) is 6.99. The zero-order valence-corrected chi connectivity index (χ0v) is 13.3. The molecule has 4 N–H and O–H groups in total. The maximum Gasteiger partial charge on any atom is 0.0835 e. The van der Waals surface area contributed by atoms with Crippen molar-refractivity contribution in [3.05, 3.63) is 35.9 Å². The number of benzene rings is 1. The lowest BCUT2D eigenvalue weighted by Crippen LogP contribution is -2.56. The molecule has 1 aliphatic heterocycles. The van der Waals surface area contributed by atoms with Crippen LogP contribution in [-0.2, 0) is 6.42 Å². The van der Waals surface area contributed by atoms with E-state index in [4.69, 9.17) is 5.73 Å². The number of nitrogens with one attached hydrogen (secondary N) is 1. The van der Waals surface area contributed by atoms with Crippen molar-refractivity contribution in [2.45, 2.75) is 44.2 Å². The second kappa shape index (κ2) is 7.55. The van der Waals surface area contributed by atoms with Crippen LogP contribution in [0.3, 0.4) is 0 Å². The molecule has 1 saturated carbocycles. The molecule has 1 aromatic rings. The maximum atomic E-state index is 10.4. The SMILES string of the molecule is N[C@@H](Cc1ccccc1)[C@@H](O)CN1CC2CCCCC2CN1. The third-order valence-corrected chi connectivity index (χ3v) is 5.31. The van der Waals surface area contributed by atoms with Gasteiger partial charge in [0.1, 0.15) is 0 Å². The topological polar surface area (TPSA) is 61.5 Å². The van der Waals surface area contributed by atoms with Crippen molar-refractivity contribution in [3.63, 3.8) is 0 Å². The Balaban J connectivity index is 1.47. The number of nitrogens with two attached hydrogens (primary N) is 1. The van der Waals surface area contributed by atoms with E-state index in [1.165, 1.54) is 31.2 Å². The maximum absolute atomic E-state index is 10.4. The van der Waals surface area contributed by atoms with Crippen LogP contribution in [0, 0.1) is 11.8 Å². The van der Waals surface area contributed by atoms with Gasteiger partial charge in [0.05, 0.1) is 6.10 Å². The molecular weight excluding hydrogens is 274 g/mol. The summed E-state index contributed by atoms with van der Waals surface area (Å²) >= 11 is 0. The van der Waals surface area contributed by atoms with Crippen molar-refractivity contribution in [1.29, 1.82) is 0 Å². The minimum atomic E-state index is -0.493. The number of β-amino-alcohol motifs (C(OH)–C–C–N with tert-alkyl or cyclic N) is 1. The molecule has 1 saturated heterocycles. The quantitative estimate of drug-likeness (QED) is 0.772. The van der Waals surface area contributed by atoms with E-state index in [0.29, 0.717) is 6.54 Å². The van der Waals surface area contributed by atoms with Gasteiger partial charge in [0.15, 0.2) is 0 Å². The molecule has 1 aliphatic carbocycles. The number of rotatable bonds is 5. The summed E-state index contributed by atoms with van der Waals surface area (Å²) in [6.07, 6.45) is 5.68. The number of aliphatic hydroxyl groups excluding tert-OH is 1. The molecule has 1 aromatic carbocycles. The first kappa shape index (κ1) is 15.9. The average molecular weight is 303 g/mol. The zero-order valence-electron chi connectivity index (χ0n) is 13.3. The molecule has 0 spiro atoms. The lowest BCUT2D eigenvalue weighted by Gasteiger charge is -2.42. The van der Waals surface area contributed by atoms with Crippen LogP contribution in [0.4, 0.5) is 0 Å². The summed E-state index contributed by atoms with van der Waals surface area (Å²) in [7, 11) is 0. The van der Waals surface area contributed by atoms with Crippen LogP contribution in [0.5, 0.6) is 0 Å². The van der Waals surface area contributed by atoms with Gasteiger partial charge in [-0.2, -0.15) is 0 Å². The minimum absolute atomic E-state index is 0.215. The van der Waals surface area contributed by atoms with Crippen molar-refractivity contribution in [1.82, 2.24) is 10.4 Å². The molecule has 4 nitrogen and oxygen atoms in total. The molecule has 0 amide bonds. The van der Waals surface area contributed by atoms with Gasteiger partial charge in [0.25, 0.3) is 0 Å². The van der Waals surface area contributed by atoms with Crippen LogP contribution in [-0.4, -0.2) is 41.9 Å². The van der Waals surface area contributed by atoms with E-state index in [0.717, 1.165) is 31.3 Å². The van der Waals surface area contributed by atoms with Gasteiger partial charge in [-0.25, -0.2) is 5.01 Å². The molecule has 122 valence electrons. The summed E-state index contributed by atoms with van der Waals surface area (Å²) < 4.78 is 0. The van der Waals surface area contributed by atoms with E-state index in [1.54, 1.807) is 0 Å². The molecular formula is C18H29N3O. The highest BCUT2D eigenvalue weighted by molar-refractivity contribution is 5.16. The van der Waals surface area contributed by atoms with Crippen LogP contribution in [0.25, 0.3) is 0 Å². The fraction of sp³-hybridized carbons (Fsp3) is 0.667. The van der Waals surface area contributed by atoms with E-state index < -0.39 is 6.10 Å². The van der Waals surface area contributed by atoms with Crippen molar-refractivity contribution >= 4 is 0 Å². The van der Waals surface area contributed by atoms with Gasteiger partial charge < -0.3 is 10.8 Å². The molecule has 0 aromatic heterocycles. The summed E-state index contributed by atoms with van der Waals surface area (Å²) in [5, 5.41) is 12.6. The van der Waals surface area contributed by atoms with Crippen LogP contribution >= 0.6 is 0 Å². The van der Waals surface area contributed by atoms with Crippen LogP contribution in [0.15, 0.2) is 30.3 Å². The van der Waals surface area contributed by atoms with Gasteiger partial charge in [0, 0.05) is 25.7 Å². The van der Waals surface area contributed by atoms with Gasteiger partial charge in [-0.3, -0.25) is 5.43 Å². The predicted octanol–water partition coefficient (Wildman–Crippen LogP) is 1.54. The molecule has 0 bridgehead atoms.